The number of aryl methyl sites for hydroxylation is 1. The zero-order valence-corrected chi connectivity index (χ0v) is 9.42. The molecule has 0 amide bonds. The van der Waals surface area contributed by atoms with Gasteiger partial charge in [-0.25, -0.2) is 0 Å². The van der Waals surface area contributed by atoms with Crippen molar-refractivity contribution < 1.29 is 4.42 Å². The summed E-state index contributed by atoms with van der Waals surface area (Å²) in [4.78, 5) is 0. The fraction of sp³-hybridized carbons (Fsp3) is 0.500. The molecule has 0 bridgehead atoms. The van der Waals surface area contributed by atoms with Crippen molar-refractivity contribution in [2.24, 2.45) is 0 Å². The molecule has 0 saturated carbocycles. The molecule has 1 aromatic rings. The number of furan rings is 1. The summed E-state index contributed by atoms with van der Waals surface area (Å²) in [5, 5.41) is 3.41. The molecular formula is C12H19NO. The van der Waals surface area contributed by atoms with Crippen LogP contribution in [0.5, 0.6) is 0 Å². The van der Waals surface area contributed by atoms with E-state index in [4.69, 9.17) is 4.42 Å². The van der Waals surface area contributed by atoms with E-state index in [-0.39, 0.29) is 6.04 Å². The van der Waals surface area contributed by atoms with Crippen molar-refractivity contribution in [1.82, 2.24) is 5.32 Å². The third-order valence-electron chi connectivity index (χ3n) is 2.03. The van der Waals surface area contributed by atoms with Gasteiger partial charge in [0.15, 0.2) is 0 Å². The van der Waals surface area contributed by atoms with E-state index < -0.39 is 0 Å². The summed E-state index contributed by atoms with van der Waals surface area (Å²) in [6, 6.07) is 2.36. The van der Waals surface area contributed by atoms with Crippen LogP contribution in [0.1, 0.15) is 38.1 Å². The van der Waals surface area contributed by atoms with Crippen LogP contribution < -0.4 is 5.32 Å². The molecule has 0 aliphatic heterocycles. The van der Waals surface area contributed by atoms with Gasteiger partial charge >= 0.3 is 0 Å². The van der Waals surface area contributed by atoms with Gasteiger partial charge < -0.3 is 9.73 Å². The van der Waals surface area contributed by atoms with Crippen LogP contribution >= 0.6 is 0 Å². The van der Waals surface area contributed by atoms with Gasteiger partial charge in [-0.2, -0.15) is 0 Å². The second kappa shape index (κ2) is 5.01. The lowest BCUT2D eigenvalue weighted by Gasteiger charge is -2.12. The first kappa shape index (κ1) is 11.1. The van der Waals surface area contributed by atoms with Crippen LogP contribution in [-0.4, -0.2) is 6.54 Å². The SMILES string of the molecule is CCNC(C=C(C)C)c1coc(C)c1. The fourth-order valence-electron chi connectivity index (χ4n) is 1.45. The summed E-state index contributed by atoms with van der Waals surface area (Å²) < 4.78 is 5.30. The smallest absolute Gasteiger partial charge is 0.101 e. The predicted octanol–water partition coefficient (Wildman–Crippen LogP) is 3.20. The lowest BCUT2D eigenvalue weighted by molar-refractivity contribution is 0.526. The van der Waals surface area contributed by atoms with Crippen molar-refractivity contribution in [2.75, 3.05) is 6.54 Å². The summed E-state index contributed by atoms with van der Waals surface area (Å²) in [6.45, 7) is 9.25. The Morgan fingerprint density at radius 2 is 2.29 bits per heavy atom. The Hall–Kier alpha value is -1.02. The Labute approximate surface area is 86.0 Å². The molecule has 0 aliphatic rings. The van der Waals surface area contributed by atoms with Gasteiger partial charge in [0.05, 0.1) is 12.3 Å². The number of hydrogen-bond acceptors (Lipinski definition) is 2. The zero-order valence-electron chi connectivity index (χ0n) is 9.42. The average molecular weight is 193 g/mol. The van der Waals surface area contributed by atoms with Gasteiger partial charge in [-0.1, -0.05) is 18.6 Å². The molecule has 0 aromatic carbocycles. The molecule has 1 unspecified atom stereocenters. The molecule has 1 rings (SSSR count). The van der Waals surface area contributed by atoms with Gasteiger partial charge in [0.25, 0.3) is 0 Å². The van der Waals surface area contributed by atoms with Gasteiger partial charge in [0.2, 0.25) is 0 Å². The standard InChI is InChI=1S/C12H19NO/c1-5-13-12(6-9(2)3)11-7-10(4)14-8-11/h6-8,12-13H,5H2,1-4H3. The number of nitrogens with one attached hydrogen (secondary N) is 1. The average Bonchev–Trinajstić information content (AvgIpc) is 2.50. The molecule has 78 valence electrons. The lowest BCUT2D eigenvalue weighted by atomic mass is 10.1. The van der Waals surface area contributed by atoms with Gasteiger partial charge in [-0.05, 0) is 33.4 Å². The van der Waals surface area contributed by atoms with Crippen LogP contribution in [0.15, 0.2) is 28.4 Å². The largest absolute Gasteiger partial charge is 0.469 e. The van der Waals surface area contributed by atoms with E-state index in [0.717, 1.165) is 12.3 Å². The van der Waals surface area contributed by atoms with Crippen LogP contribution in [0, 0.1) is 6.92 Å². The van der Waals surface area contributed by atoms with Gasteiger partial charge in [0, 0.05) is 5.56 Å². The minimum Gasteiger partial charge on any atom is -0.469 e. The zero-order chi connectivity index (χ0) is 10.6. The number of allylic oxidation sites excluding steroid dienone is 1. The van der Waals surface area contributed by atoms with Crippen LogP contribution in [0.3, 0.4) is 0 Å². The number of rotatable bonds is 4. The molecule has 1 heterocycles. The van der Waals surface area contributed by atoms with Crippen LogP contribution in [0.25, 0.3) is 0 Å². The second-order valence-corrected chi connectivity index (χ2v) is 3.77. The molecule has 14 heavy (non-hydrogen) atoms. The molecule has 1 atom stereocenters. The molecule has 2 nitrogen and oxygen atoms in total. The van der Waals surface area contributed by atoms with E-state index in [1.165, 1.54) is 11.1 Å². The highest BCUT2D eigenvalue weighted by molar-refractivity contribution is 5.22. The molecule has 0 spiro atoms. The van der Waals surface area contributed by atoms with Crippen molar-refractivity contribution in [3.05, 3.63) is 35.3 Å². The molecule has 0 fully saturated rings. The quantitative estimate of drug-likeness (QED) is 0.743. The first-order chi connectivity index (χ1) is 6.63. The molecule has 0 saturated heterocycles. The topological polar surface area (TPSA) is 25.2 Å². The Kier molecular flexibility index (Phi) is 3.96. The maximum atomic E-state index is 5.30. The number of likely N-dealkylation sites (N-methyl/N-ethyl adjacent to an activating group) is 1. The van der Waals surface area contributed by atoms with Gasteiger partial charge in [0.1, 0.15) is 5.76 Å². The second-order valence-electron chi connectivity index (χ2n) is 3.77. The maximum Gasteiger partial charge on any atom is 0.101 e. The van der Waals surface area contributed by atoms with Crippen molar-refractivity contribution in [3.8, 4) is 0 Å². The highest BCUT2D eigenvalue weighted by atomic mass is 16.3. The summed E-state index contributed by atoms with van der Waals surface area (Å²) in [5.41, 5.74) is 2.51. The van der Waals surface area contributed by atoms with E-state index in [1.54, 1.807) is 0 Å². The highest BCUT2D eigenvalue weighted by Crippen LogP contribution is 2.18. The van der Waals surface area contributed by atoms with Crippen molar-refractivity contribution in [1.29, 1.82) is 0 Å². The summed E-state index contributed by atoms with van der Waals surface area (Å²) in [7, 11) is 0. The van der Waals surface area contributed by atoms with E-state index in [0.29, 0.717) is 0 Å². The maximum absolute atomic E-state index is 5.30. The first-order valence-electron chi connectivity index (χ1n) is 5.07. The minimum absolute atomic E-state index is 0.280. The van der Waals surface area contributed by atoms with Gasteiger partial charge in [-0.15, -0.1) is 0 Å². The third kappa shape index (κ3) is 3.04. The Morgan fingerprint density at radius 1 is 1.57 bits per heavy atom. The molecule has 2 heteroatoms. The van der Waals surface area contributed by atoms with Crippen LogP contribution in [0.4, 0.5) is 0 Å². The summed E-state index contributed by atoms with van der Waals surface area (Å²) in [6.07, 6.45) is 4.04. The van der Waals surface area contributed by atoms with Crippen molar-refractivity contribution in [3.63, 3.8) is 0 Å². The monoisotopic (exact) mass is 193 g/mol. The van der Waals surface area contributed by atoms with E-state index in [9.17, 15) is 0 Å². The van der Waals surface area contributed by atoms with E-state index in [2.05, 4.69) is 38.2 Å². The molecular weight excluding hydrogens is 174 g/mol. The first-order valence-corrected chi connectivity index (χ1v) is 5.07. The lowest BCUT2D eigenvalue weighted by Crippen LogP contribution is -2.18. The fourth-order valence-corrected chi connectivity index (χ4v) is 1.45. The minimum atomic E-state index is 0.280. The Balaban J connectivity index is 2.82. The summed E-state index contributed by atoms with van der Waals surface area (Å²) in [5.74, 6) is 0.963. The Morgan fingerprint density at radius 3 is 2.71 bits per heavy atom. The number of hydrogen-bond donors (Lipinski definition) is 1. The van der Waals surface area contributed by atoms with Crippen LogP contribution in [0.2, 0.25) is 0 Å². The molecule has 1 aromatic heterocycles. The Bertz CT molecular complexity index is 308. The highest BCUT2D eigenvalue weighted by Gasteiger charge is 2.09. The van der Waals surface area contributed by atoms with Gasteiger partial charge in [-0.3, -0.25) is 0 Å². The molecule has 1 N–H and O–H groups in total. The van der Waals surface area contributed by atoms with E-state index >= 15 is 0 Å². The predicted molar refractivity (Wildman–Crippen MR) is 59.3 cm³/mol. The third-order valence-corrected chi connectivity index (χ3v) is 2.03. The normalized spacial score (nSPS) is 12.6. The van der Waals surface area contributed by atoms with Crippen molar-refractivity contribution >= 4 is 0 Å². The summed E-state index contributed by atoms with van der Waals surface area (Å²) >= 11 is 0. The van der Waals surface area contributed by atoms with Crippen LogP contribution in [-0.2, 0) is 0 Å². The van der Waals surface area contributed by atoms with E-state index in [1.807, 2.05) is 13.2 Å². The van der Waals surface area contributed by atoms with Crippen molar-refractivity contribution in [2.45, 2.75) is 33.7 Å². The molecule has 0 radical (unpaired) electrons. The molecule has 0 aliphatic carbocycles.